The number of benzene rings is 2. The maximum absolute atomic E-state index is 14.4. The summed E-state index contributed by atoms with van der Waals surface area (Å²) in [5.74, 6) is 1.03. The highest BCUT2D eigenvalue weighted by Gasteiger charge is 2.26. The average molecular weight is 420 g/mol. The van der Waals surface area contributed by atoms with Crippen LogP contribution in [0.2, 0.25) is 0 Å². The van der Waals surface area contributed by atoms with Crippen molar-refractivity contribution in [1.82, 2.24) is 9.88 Å². The monoisotopic (exact) mass is 420 g/mol. The van der Waals surface area contributed by atoms with Crippen molar-refractivity contribution in [1.29, 1.82) is 0 Å². The number of hydrogen-bond acceptors (Lipinski definition) is 3. The molecule has 2 heterocycles. The van der Waals surface area contributed by atoms with Gasteiger partial charge in [0.2, 0.25) is 6.79 Å². The Morgan fingerprint density at radius 1 is 1.10 bits per heavy atom. The zero-order valence-corrected chi connectivity index (χ0v) is 17.5. The Morgan fingerprint density at radius 2 is 1.90 bits per heavy atom. The smallest absolute Gasteiger partial charge is 0.268 e. The summed E-state index contributed by atoms with van der Waals surface area (Å²) >= 11 is 0. The van der Waals surface area contributed by atoms with E-state index in [2.05, 4.69) is 5.32 Å². The van der Waals surface area contributed by atoms with E-state index < -0.39 is 0 Å². The predicted octanol–water partition coefficient (Wildman–Crippen LogP) is 4.52. The molecular weight excluding hydrogens is 395 g/mol. The van der Waals surface area contributed by atoms with Gasteiger partial charge in [-0.3, -0.25) is 4.79 Å². The number of amides is 1. The number of ether oxygens (including phenoxy) is 2. The summed E-state index contributed by atoms with van der Waals surface area (Å²) in [5, 5.41) is 3.05. The SMILES string of the molecule is Cc1c2c(n(Cc3ccccc3F)c1C(=O)NCc1ccc3c(c1)OCO3)CCCC2. The number of halogens is 1. The van der Waals surface area contributed by atoms with Crippen molar-refractivity contribution in [2.45, 2.75) is 45.7 Å². The van der Waals surface area contributed by atoms with Gasteiger partial charge in [0.25, 0.3) is 5.91 Å². The normalized spacial score (nSPS) is 14.4. The molecule has 5 nitrogen and oxygen atoms in total. The first-order valence-electron chi connectivity index (χ1n) is 10.7. The van der Waals surface area contributed by atoms with Crippen molar-refractivity contribution in [3.63, 3.8) is 0 Å². The summed E-state index contributed by atoms with van der Waals surface area (Å²) in [6, 6.07) is 12.4. The third-order valence-electron chi connectivity index (χ3n) is 6.23. The van der Waals surface area contributed by atoms with Crippen molar-refractivity contribution >= 4 is 5.91 Å². The summed E-state index contributed by atoms with van der Waals surface area (Å²) in [6.07, 6.45) is 4.09. The summed E-state index contributed by atoms with van der Waals surface area (Å²) in [7, 11) is 0. The first-order valence-corrected chi connectivity index (χ1v) is 10.7. The fourth-order valence-electron chi connectivity index (χ4n) is 4.65. The van der Waals surface area contributed by atoms with Crippen LogP contribution in [0.15, 0.2) is 42.5 Å². The number of carbonyl (C=O) groups is 1. The molecule has 0 radical (unpaired) electrons. The van der Waals surface area contributed by atoms with Crippen molar-refractivity contribution in [3.05, 3.63) is 81.9 Å². The van der Waals surface area contributed by atoms with Crippen LogP contribution in [0, 0.1) is 12.7 Å². The highest BCUT2D eigenvalue weighted by molar-refractivity contribution is 5.95. The molecule has 1 N–H and O–H groups in total. The first kappa shape index (κ1) is 19.7. The predicted molar refractivity (Wildman–Crippen MR) is 115 cm³/mol. The lowest BCUT2D eigenvalue weighted by molar-refractivity contribution is 0.0941. The Balaban J connectivity index is 1.44. The molecule has 6 heteroatoms. The van der Waals surface area contributed by atoms with E-state index >= 15 is 0 Å². The van der Waals surface area contributed by atoms with Crippen molar-refractivity contribution in [3.8, 4) is 11.5 Å². The van der Waals surface area contributed by atoms with E-state index in [-0.39, 0.29) is 18.5 Å². The van der Waals surface area contributed by atoms with Crippen LogP contribution in [0.1, 0.15) is 51.3 Å². The Bertz CT molecular complexity index is 1150. The number of nitrogens with one attached hydrogen (secondary N) is 1. The molecule has 1 aliphatic heterocycles. The number of hydrogen-bond donors (Lipinski definition) is 1. The van der Waals surface area contributed by atoms with Gasteiger partial charge in [-0.15, -0.1) is 0 Å². The molecule has 0 bridgehead atoms. The Kier molecular flexibility index (Phi) is 5.14. The van der Waals surface area contributed by atoms with Gasteiger partial charge in [-0.25, -0.2) is 4.39 Å². The van der Waals surface area contributed by atoms with Crippen LogP contribution >= 0.6 is 0 Å². The number of fused-ring (bicyclic) bond motifs is 2. The highest BCUT2D eigenvalue weighted by atomic mass is 19.1. The van der Waals surface area contributed by atoms with Gasteiger partial charge in [0, 0.05) is 17.8 Å². The van der Waals surface area contributed by atoms with Gasteiger partial charge < -0.3 is 19.4 Å². The zero-order valence-electron chi connectivity index (χ0n) is 17.5. The molecule has 0 atom stereocenters. The summed E-state index contributed by atoms with van der Waals surface area (Å²) < 4.78 is 27.2. The molecule has 0 fully saturated rings. The van der Waals surface area contributed by atoms with Crippen LogP contribution in [0.25, 0.3) is 0 Å². The molecule has 1 aliphatic carbocycles. The van der Waals surface area contributed by atoms with E-state index in [1.54, 1.807) is 12.1 Å². The maximum atomic E-state index is 14.4. The summed E-state index contributed by atoms with van der Waals surface area (Å²) in [5.41, 5.74) is 5.59. The Hall–Kier alpha value is -3.28. The number of carbonyl (C=O) groups excluding carboxylic acids is 1. The second kappa shape index (κ2) is 8.10. The molecule has 31 heavy (non-hydrogen) atoms. The Morgan fingerprint density at radius 3 is 2.77 bits per heavy atom. The number of nitrogens with zero attached hydrogens (tertiary/aromatic N) is 1. The third-order valence-corrected chi connectivity index (χ3v) is 6.23. The lowest BCUT2D eigenvalue weighted by Crippen LogP contribution is -2.27. The van der Waals surface area contributed by atoms with E-state index in [0.29, 0.717) is 30.1 Å². The van der Waals surface area contributed by atoms with Gasteiger partial charge in [-0.1, -0.05) is 24.3 Å². The van der Waals surface area contributed by atoms with Crippen LogP contribution in [-0.4, -0.2) is 17.3 Å². The standard InChI is InChI=1S/C25H25FN2O3/c1-16-19-7-3-5-9-21(19)28(14-18-6-2-4-8-20(18)26)24(16)25(29)27-13-17-10-11-22-23(12-17)31-15-30-22/h2,4,6,8,10-12H,3,5,7,9,13-15H2,1H3,(H,27,29). The zero-order chi connectivity index (χ0) is 21.4. The fourth-order valence-corrected chi connectivity index (χ4v) is 4.65. The molecule has 1 aromatic heterocycles. The molecule has 5 rings (SSSR count). The van der Waals surface area contributed by atoms with Crippen LogP contribution in [-0.2, 0) is 25.9 Å². The van der Waals surface area contributed by atoms with Crippen LogP contribution in [0.3, 0.4) is 0 Å². The molecule has 0 saturated carbocycles. The lowest BCUT2D eigenvalue weighted by Gasteiger charge is -2.17. The summed E-state index contributed by atoms with van der Waals surface area (Å²) in [4.78, 5) is 13.3. The highest BCUT2D eigenvalue weighted by Crippen LogP contribution is 2.33. The minimum absolute atomic E-state index is 0.138. The molecule has 2 aliphatic rings. The molecule has 1 amide bonds. The van der Waals surface area contributed by atoms with E-state index in [4.69, 9.17) is 9.47 Å². The molecular formula is C25H25FN2O3. The molecule has 0 spiro atoms. The molecule has 2 aromatic carbocycles. The lowest BCUT2D eigenvalue weighted by atomic mass is 9.95. The molecule has 0 unspecified atom stereocenters. The number of aromatic nitrogens is 1. The van der Waals surface area contributed by atoms with E-state index in [0.717, 1.165) is 42.6 Å². The van der Waals surface area contributed by atoms with E-state index in [1.165, 1.54) is 17.3 Å². The van der Waals surface area contributed by atoms with Crippen LogP contribution < -0.4 is 14.8 Å². The maximum Gasteiger partial charge on any atom is 0.268 e. The van der Waals surface area contributed by atoms with Crippen LogP contribution in [0.5, 0.6) is 11.5 Å². The van der Waals surface area contributed by atoms with Gasteiger partial charge in [0.05, 0.1) is 6.54 Å². The minimum atomic E-state index is -0.245. The second-order valence-corrected chi connectivity index (χ2v) is 8.15. The van der Waals surface area contributed by atoms with Crippen molar-refractivity contribution < 1.29 is 18.7 Å². The van der Waals surface area contributed by atoms with Gasteiger partial charge in [-0.05, 0) is 67.5 Å². The number of rotatable bonds is 5. The second-order valence-electron chi connectivity index (χ2n) is 8.15. The van der Waals surface area contributed by atoms with Gasteiger partial charge in [0.15, 0.2) is 11.5 Å². The Labute approximate surface area is 180 Å². The van der Waals surface area contributed by atoms with Crippen LogP contribution in [0.4, 0.5) is 4.39 Å². The first-order chi connectivity index (χ1) is 15.1. The third kappa shape index (κ3) is 3.67. The largest absolute Gasteiger partial charge is 0.454 e. The topological polar surface area (TPSA) is 52.5 Å². The van der Waals surface area contributed by atoms with Crippen molar-refractivity contribution in [2.24, 2.45) is 0 Å². The van der Waals surface area contributed by atoms with Crippen molar-refractivity contribution in [2.75, 3.05) is 6.79 Å². The molecule has 160 valence electrons. The average Bonchev–Trinajstić information content (AvgIpc) is 3.36. The van der Waals surface area contributed by atoms with Gasteiger partial charge in [0.1, 0.15) is 11.5 Å². The van der Waals surface area contributed by atoms with E-state index in [1.807, 2.05) is 35.8 Å². The molecule has 3 aromatic rings. The van der Waals surface area contributed by atoms with Gasteiger partial charge in [-0.2, -0.15) is 0 Å². The minimum Gasteiger partial charge on any atom is -0.454 e. The quantitative estimate of drug-likeness (QED) is 0.660. The summed E-state index contributed by atoms with van der Waals surface area (Å²) in [6.45, 7) is 2.97. The van der Waals surface area contributed by atoms with E-state index in [9.17, 15) is 9.18 Å². The van der Waals surface area contributed by atoms with Gasteiger partial charge >= 0.3 is 0 Å². The fraction of sp³-hybridized carbons (Fsp3) is 0.320. The molecule has 0 saturated heterocycles.